The molecule has 0 aromatic carbocycles. The summed E-state index contributed by atoms with van der Waals surface area (Å²) in [7, 11) is -6.23. The third kappa shape index (κ3) is 4.07. The van der Waals surface area contributed by atoms with Crippen LogP contribution in [0.2, 0.25) is 0 Å². The Balaban J connectivity index is 4.79. The summed E-state index contributed by atoms with van der Waals surface area (Å²) in [6.45, 7) is 2.88. The standard InChI is InChI=1S/C8H14F4O4S/c1-3-4-5-6(2)16-7(9,10)8(11,12)17(13,14)15/h6H,3-5H2,1-2H3,(H,13,14,15). The molecular weight excluding hydrogens is 268 g/mol. The molecule has 0 rings (SSSR count). The van der Waals surface area contributed by atoms with E-state index in [0.29, 0.717) is 12.8 Å². The van der Waals surface area contributed by atoms with Crippen LogP contribution < -0.4 is 0 Å². The van der Waals surface area contributed by atoms with E-state index >= 15 is 0 Å². The van der Waals surface area contributed by atoms with Crippen LogP contribution >= 0.6 is 0 Å². The van der Waals surface area contributed by atoms with Crippen LogP contribution in [0.5, 0.6) is 0 Å². The molecule has 0 aromatic heterocycles. The molecule has 0 spiro atoms. The molecule has 0 aliphatic rings. The Labute approximate surface area is 96.7 Å². The molecule has 4 nitrogen and oxygen atoms in total. The Kier molecular flexibility index (Phi) is 5.36. The summed E-state index contributed by atoms with van der Waals surface area (Å²) >= 11 is 0. The van der Waals surface area contributed by atoms with Gasteiger partial charge in [-0.15, -0.1) is 0 Å². The molecule has 9 heteroatoms. The summed E-state index contributed by atoms with van der Waals surface area (Å²) in [5.41, 5.74) is 0. The SMILES string of the molecule is CCCCC(C)OC(F)(F)C(F)(F)S(=O)(=O)O. The zero-order valence-corrected chi connectivity index (χ0v) is 10.1. The Morgan fingerprint density at radius 2 is 1.76 bits per heavy atom. The molecule has 1 unspecified atom stereocenters. The first-order valence-corrected chi connectivity index (χ1v) is 6.30. The fourth-order valence-electron chi connectivity index (χ4n) is 1.02. The van der Waals surface area contributed by atoms with E-state index in [1.54, 1.807) is 6.92 Å². The van der Waals surface area contributed by atoms with Gasteiger partial charge in [-0.3, -0.25) is 4.55 Å². The van der Waals surface area contributed by atoms with Gasteiger partial charge in [0.25, 0.3) is 0 Å². The second-order valence-corrected chi connectivity index (χ2v) is 5.04. The predicted molar refractivity (Wildman–Crippen MR) is 51.5 cm³/mol. The predicted octanol–water partition coefficient (Wildman–Crippen LogP) is 2.66. The highest BCUT2D eigenvalue weighted by Crippen LogP contribution is 2.40. The van der Waals surface area contributed by atoms with Gasteiger partial charge in [-0.05, 0) is 13.3 Å². The topological polar surface area (TPSA) is 63.6 Å². The van der Waals surface area contributed by atoms with E-state index in [9.17, 15) is 26.0 Å². The second kappa shape index (κ2) is 5.49. The molecule has 0 radical (unpaired) electrons. The van der Waals surface area contributed by atoms with Gasteiger partial charge in [0, 0.05) is 0 Å². The maximum Gasteiger partial charge on any atom is 0.459 e. The van der Waals surface area contributed by atoms with Crippen molar-refractivity contribution in [1.82, 2.24) is 0 Å². The number of alkyl halides is 4. The van der Waals surface area contributed by atoms with Gasteiger partial charge < -0.3 is 4.74 Å². The highest BCUT2D eigenvalue weighted by atomic mass is 32.2. The van der Waals surface area contributed by atoms with E-state index in [0.717, 1.165) is 6.92 Å². The lowest BCUT2D eigenvalue weighted by molar-refractivity contribution is -0.333. The number of ether oxygens (including phenoxy) is 1. The lowest BCUT2D eigenvalue weighted by Gasteiger charge is -2.26. The van der Waals surface area contributed by atoms with Crippen molar-refractivity contribution in [3.05, 3.63) is 0 Å². The van der Waals surface area contributed by atoms with Crippen LogP contribution in [0.15, 0.2) is 0 Å². The quantitative estimate of drug-likeness (QED) is 0.576. The Hall–Kier alpha value is -0.410. The Morgan fingerprint density at radius 1 is 1.29 bits per heavy atom. The number of hydrogen-bond donors (Lipinski definition) is 1. The molecule has 0 amide bonds. The normalized spacial score (nSPS) is 15.9. The van der Waals surface area contributed by atoms with Crippen molar-refractivity contribution < 1.29 is 35.3 Å². The number of halogens is 4. The minimum Gasteiger partial charge on any atom is -0.312 e. The van der Waals surface area contributed by atoms with E-state index < -0.39 is 27.6 Å². The van der Waals surface area contributed by atoms with Crippen LogP contribution in [0.4, 0.5) is 17.6 Å². The molecule has 1 atom stereocenters. The molecule has 0 bridgehead atoms. The van der Waals surface area contributed by atoms with Crippen molar-refractivity contribution in [3.63, 3.8) is 0 Å². The van der Waals surface area contributed by atoms with Crippen LogP contribution in [-0.4, -0.2) is 30.4 Å². The molecule has 0 saturated heterocycles. The van der Waals surface area contributed by atoms with Crippen molar-refractivity contribution >= 4 is 10.1 Å². The Morgan fingerprint density at radius 3 is 2.12 bits per heavy atom. The van der Waals surface area contributed by atoms with E-state index in [2.05, 4.69) is 4.74 Å². The molecule has 0 fully saturated rings. The van der Waals surface area contributed by atoms with Crippen molar-refractivity contribution in [2.24, 2.45) is 0 Å². The summed E-state index contributed by atoms with van der Waals surface area (Å²) in [6.07, 6.45) is -5.33. The van der Waals surface area contributed by atoms with Gasteiger partial charge in [0.2, 0.25) is 0 Å². The van der Waals surface area contributed by atoms with Crippen LogP contribution in [0.1, 0.15) is 33.1 Å². The summed E-state index contributed by atoms with van der Waals surface area (Å²) in [5.74, 6) is 0. The van der Waals surface area contributed by atoms with Crippen LogP contribution in [0.25, 0.3) is 0 Å². The smallest absolute Gasteiger partial charge is 0.312 e. The largest absolute Gasteiger partial charge is 0.459 e. The molecule has 104 valence electrons. The van der Waals surface area contributed by atoms with Crippen LogP contribution in [0, 0.1) is 0 Å². The van der Waals surface area contributed by atoms with E-state index in [1.165, 1.54) is 0 Å². The van der Waals surface area contributed by atoms with E-state index in [-0.39, 0.29) is 6.42 Å². The third-order valence-electron chi connectivity index (χ3n) is 1.98. The zero-order valence-electron chi connectivity index (χ0n) is 9.29. The minimum atomic E-state index is -6.23. The lowest BCUT2D eigenvalue weighted by atomic mass is 10.2. The molecule has 17 heavy (non-hydrogen) atoms. The average Bonchev–Trinajstić information content (AvgIpc) is 2.11. The first-order chi connectivity index (χ1) is 7.45. The zero-order chi connectivity index (χ0) is 13.9. The van der Waals surface area contributed by atoms with E-state index in [4.69, 9.17) is 4.55 Å². The highest BCUT2D eigenvalue weighted by molar-refractivity contribution is 7.86. The molecule has 0 aliphatic heterocycles. The number of rotatable bonds is 7. The van der Waals surface area contributed by atoms with Crippen molar-refractivity contribution in [3.8, 4) is 0 Å². The average molecular weight is 282 g/mol. The fourth-order valence-corrected chi connectivity index (χ4v) is 1.37. The third-order valence-corrected chi connectivity index (χ3v) is 2.86. The summed E-state index contributed by atoms with van der Waals surface area (Å²) in [4.78, 5) is 0. The molecule has 0 aromatic rings. The minimum absolute atomic E-state index is 0.0770. The van der Waals surface area contributed by atoms with Crippen molar-refractivity contribution in [1.29, 1.82) is 0 Å². The summed E-state index contributed by atoms with van der Waals surface area (Å²) < 4.78 is 83.1. The van der Waals surface area contributed by atoms with E-state index in [1.807, 2.05) is 0 Å². The van der Waals surface area contributed by atoms with Crippen LogP contribution in [0.3, 0.4) is 0 Å². The monoisotopic (exact) mass is 282 g/mol. The highest BCUT2D eigenvalue weighted by Gasteiger charge is 2.68. The van der Waals surface area contributed by atoms with Crippen molar-refractivity contribution in [2.75, 3.05) is 0 Å². The van der Waals surface area contributed by atoms with Crippen LogP contribution in [-0.2, 0) is 14.9 Å². The van der Waals surface area contributed by atoms with Gasteiger partial charge in [0.1, 0.15) is 0 Å². The molecule has 0 saturated carbocycles. The Bertz CT molecular complexity index is 341. The lowest BCUT2D eigenvalue weighted by Crippen LogP contribution is -2.49. The van der Waals surface area contributed by atoms with Gasteiger partial charge in [-0.2, -0.15) is 26.0 Å². The van der Waals surface area contributed by atoms with Gasteiger partial charge in [-0.25, -0.2) is 0 Å². The van der Waals surface area contributed by atoms with Gasteiger partial charge in [0.05, 0.1) is 6.10 Å². The number of unbranched alkanes of at least 4 members (excludes halogenated alkanes) is 1. The van der Waals surface area contributed by atoms with Gasteiger partial charge >= 0.3 is 21.5 Å². The maximum atomic E-state index is 12.9. The molecular formula is C8H14F4O4S. The maximum absolute atomic E-state index is 12.9. The number of hydrogen-bond acceptors (Lipinski definition) is 3. The summed E-state index contributed by atoms with van der Waals surface area (Å²) in [6, 6.07) is 0. The van der Waals surface area contributed by atoms with Gasteiger partial charge in [-0.1, -0.05) is 19.8 Å². The van der Waals surface area contributed by atoms with Crippen molar-refractivity contribution in [2.45, 2.75) is 50.6 Å². The second-order valence-electron chi connectivity index (χ2n) is 3.58. The molecule has 0 aliphatic carbocycles. The van der Waals surface area contributed by atoms with Gasteiger partial charge in [0.15, 0.2) is 0 Å². The first kappa shape index (κ1) is 16.6. The molecule has 1 N–H and O–H groups in total. The fraction of sp³-hybridized carbons (Fsp3) is 1.00. The summed E-state index contributed by atoms with van der Waals surface area (Å²) in [5, 5.41) is -5.67. The first-order valence-electron chi connectivity index (χ1n) is 4.86. The molecule has 0 heterocycles.